The van der Waals surface area contributed by atoms with Gasteiger partial charge in [-0.3, -0.25) is 14.2 Å². The Labute approximate surface area is 231 Å². The fraction of sp³-hybridized carbons (Fsp3) is 0.259. The van der Waals surface area contributed by atoms with Gasteiger partial charge >= 0.3 is 0 Å². The number of nitrogens with one attached hydrogen (secondary N) is 1. The number of halogens is 1. The Morgan fingerprint density at radius 3 is 2.78 bits per heavy atom. The minimum atomic E-state index is -0.283. The first-order valence-electron chi connectivity index (χ1n) is 11.9. The van der Waals surface area contributed by atoms with Crippen molar-refractivity contribution in [3.63, 3.8) is 0 Å². The Bertz CT molecular complexity index is 1560. The number of thiophene rings is 1. The number of fused-ring (bicyclic) bond motifs is 3. The molecule has 190 valence electrons. The SMILES string of the molecule is COc1cccc(C(C)=NNC(=O)CSc2nc3sc4c(c3c(=O)n2-c2ccc(Br)cc2)CCCC4)c1. The van der Waals surface area contributed by atoms with Gasteiger partial charge in [0.05, 0.1) is 29.6 Å². The highest BCUT2D eigenvalue weighted by atomic mass is 79.9. The third-order valence-electron chi connectivity index (χ3n) is 6.21. The Hall–Kier alpha value is -2.95. The number of hydrogen-bond donors (Lipinski definition) is 1. The highest BCUT2D eigenvalue weighted by Crippen LogP contribution is 2.35. The fourth-order valence-electron chi connectivity index (χ4n) is 4.32. The fourth-order valence-corrected chi connectivity index (χ4v) is 6.69. The van der Waals surface area contributed by atoms with Gasteiger partial charge < -0.3 is 4.74 Å². The van der Waals surface area contributed by atoms with E-state index < -0.39 is 0 Å². The van der Waals surface area contributed by atoms with E-state index in [0.29, 0.717) is 16.6 Å². The monoisotopic (exact) mass is 596 g/mol. The number of hydrazone groups is 1. The Morgan fingerprint density at radius 1 is 1.22 bits per heavy atom. The van der Waals surface area contributed by atoms with Crippen LogP contribution in [0.3, 0.4) is 0 Å². The number of ether oxygens (including phenoxy) is 1. The van der Waals surface area contributed by atoms with Crippen molar-refractivity contribution in [1.29, 1.82) is 0 Å². The number of nitrogens with zero attached hydrogens (tertiary/aromatic N) is 3. The van der Waals surface area contributed by atoms with Crippen LogP contribution in [-0.4, -0.2) is 34.0 Å². The normalized spacial score (nSPS) is 13.4. The van der Waals surface area contributed by atoms with Crippen molar-refractivity contribution in [3.05, 3.63) is 79.4 Å². The molecule has 1 amide bonds. The number of hydrogen-bond acceptors (Lipinski definition) is 7. The van der Waals surface area contributed by atoms with Gasteiger partial charge in [-0.1, -0.05) is 39.8 Å². The molecule has 2 aromatic carbocycles. The summed E-state index contributed by atoms with van der Waals surface area (Å²) in [7, 11) is 1.61. The maximum Gasteiger partial charge on any atom is 0.267 e. The molecule has 1 N–H and O–H groups in total. The number of aromatic nitrogens is 2. The molecule has 2 heterocycles. The van der Waals surface area contributed by atoms with Crippen molar-refractivity contribution >= 4 is 60.9 Å². The zero-order chi connectivity index (χ0) is 25.9. The zero-order valence-corrected chi connectivity index (χ0v) is 23.6. The number of thioether (sulfide) groups is 1. The average molecular weight is 598 g/mol. The molecule has 5 rings (SSSR count). The van der Waals surface area contributed by atoms with Gasteiger partial charge in [-0.2, -0.15) is 5.10 Å². The number of carbonyl (C=O) groups is 1. The van der Waals surface area contributed by atoms with Gasteiger partial charge in [-0.25, -0.2) is 10.4 Å². The lowest BCUT2D eigenvalue weighted by Gasteiger charge is -2.13. The lowest BCUT2D eigenvalue weighted by atomic mass is 9.97. The molecule has 0 saturated carbocycles. The molecule has 0 bridgehead atoms. The summed E-state index contributed by atoms with van der Waals surface area (Å²) in [5, 5.41) is 5.45. The summed E-state index contributed by atoms with van der Waals surface area (Å²) < 4.78 is 7.80. The van der Waals surface area contributed by atoms with Gasteiger partial charge in [-0.05, 0) is 74.6 Å². The van der Waals surface area contributed by atoms with Gasteiger partial charge in [-0.15, -0.1) is 11.3 Å². The Kier molecular flexibility index (Phi) is 7.78. The van der Waals surface area contributed by atoms with Crippen LogP contribution in [0, 0.1) is 0 Å². The smallest absolute Gasteiger partial charge is 0.267 e. The van der Waals surface area contributed by atoms with E-state index in [1.54, 1.807) is 23.0 Å². The van der Waals surface area contributed by atoms with Crippen molar-refractivity contribution in [2.24, 2.45) is 5.10 Å². The Balaban J connectivity index is 1.42. The van der Waals surface area contributed by atoms with Crippen LogP contribution < -0.4 is 15.7 Å². The number of methoxy groups -OCH3 is 1. The Morgan fingerprint density at radius 2 is 2.00 bits per heavy atom. The van der Waals surface area contributed by atoms with Crippen LogP contribution in [0.5, 0.6) is 5.75 Å². The molecule has 0 atom stereocenters. The second kappa shape index (κ2) is 11.2. The molecule has 7 nitrogen and oxygen atoms in total. The topological polar surface area (TPSA) is 85.6 Å². The van der Waals surface area contributed by atoms with Gasteiger partial charge in [0.1, 0.15) is 10.6 Å². The van der Waals surface area contributed by atoms with Crippen LogP contribution in [0.15, 0.2) is 68.1 Å². The van der Waals surface area contributed by atoms with Gasteiger partial charge in [0, 0.05) is 14.9 Å². The summed E-state index contributed by atoms with van der Waals surface area (Å²) in [6.07, 6.45) is 4.12. The first-order chi connectivity index (χ1) is 17.9. The molecule has 0 spiro atoms. The summed E-state index contributed by atoms with van der Waals surface area (Å²) >= 11 is 6.30. The highest BCUT2D eigenvalue weighted by molar-refractivity contribution is 9.10. The first kappa shape index (κ1) is 25.7. The summed E-state index contributed by atoms with van der Waals surface area (Å²) in [5.74, 6) is 0.500. The zero-order valence-electron chi connectivity index (χ0n) is 20.4. The molecule has 10 heteroatoms. The molecule has 1 aliphatic carbocycles. The summed E-state index contributed by atoms with van der Waals surface area (Å²) in [6.45, 7) is 1.82. The number of benzene rings is 2. The second-order valence-corrected chi connectivity index (χ2v) is 11.6. The van der Waals surface area contributed by atoms with E-state index in [4.69, 9.17) is 9.72 Å². The van der Waals surface area contributed by atoms with E-state index in [9.17, 15) is 9.59 Å². The predicted molar refractivity (Wildman–Crippen MR) is 154 cm³/mol. The molecule has 0 radical (unpaired) electrons. The number of carbonyl (C=O) groups excluding carboxylic acids is 1. The predicted octanol–water partition coefficient (Wildman–Crippen LogP) is 5.73. The maximum absolute atomic E-state index is 13.8. The van der Waals surface area contributed by atoms with Gasteiger partial charge in [0.15, 0.2) is 5.16 Å². The minimum absolute atomic E-state index is 0.0639. The van der Waals surface area contributed by atoms with E-state index in [-0.39, 0.29) is 17.2 Å². The van der Waals surface area contributed by atoms with Crippen LogP contribution >= 0.6 is 39.0 Å². The quantitative estimate of drug-likeness (QED) is 0.127. The number of aryl methyl sites for hydroxylation is 2. The summed E-state index contributed by atoms with van der Waals surface area (Å²) in [6, 6.07) is 15.0. The number of amides is 1. The molecular formula is C27H25BrN4O3S2. The van der Waals surface area contributed by atoms with Crippen molar-refractivity contribution in [2.45, 2.75) is 37.8 Å². The summed E-state index contributed by atoms with van der Waals surface area (Å²) in [5.41, 5.74) is 5.91. The summed E-state index contributed by atoms with van der Waals surface area (Å²) in [4.78, 5) is 33.4. The van der Waals surface area contributed by atoms with Crippen LogP contribution in [0.25, 0.3) is 15.9 Å². The van der Waals surface area contributed by atoms with Crippen molar-refractivity contribution < 1.29 is 9.53 Å². The van der Waals surface area contributed by atoms with Gasteiger partial charge in [0.2, 0.25) is 0 Å². The van der Waals surface area contributed by atoms with E-state index >= 15 is 0 Å². The largest absolute Gasteiger partial charge is 0.497 e. The van der Waals surface area contributed by atoms with Crippen LogP contribution in [0.4, 0.5) is 0 Å². The molecule has 1 aliphatic rings. The molecular weight excluding hydrogens is 572 g/mol. The van der Waals surface area contributed by atoms with Crippen LogP contribution in [0.1, 0.15) is 35.8 Å². The molecule has 0 fully saturated rings. The lowest BCUT2D eigenvalue weighted by Crippen LogP contribution is -2.24. The van der Waals surface area contributed by atoms with E-state index in [2.05, 4.69) is 26.5 Å². The minimum Gasteiger partial charge on any atom is -0.497 e. The molecule has 37 heavy (non-hydrogen) atoms. The average Bonchev–Trinajstić information content (AvgIpc) is 3.30. The van der Waals surface area contributed by atoms with Crippen LogP contribution in [0.2, 0.25) is 0 Å². The molecule has 2 aromatic heterocycles. The van der Waals surface area contributed by atoms with Crippen molar-refractivity contribution in [2.75, 3.05) is 12.9 Å². The first-order valence-corrected chi connectivity index (χ1v) is 14.5. The molecule has 0 aliphatic heterocycles. The van der Waals surface area contributed by atoms with E-state index in [0.717, 1.165) is 57.2 Å². The molecule has 0 unspecified atom stereocenters. The third kappa shape index (κ3) is 5.51. The molecule has 0 saturated heterocycles. The van der Waals surface area contributed by atoms with Crippen LogP contribution in [-0.2, 0) is 17.6 Å². The highest BCUT2D eigenvalue weighted by Gasteiger charge is 2.23. The van der Waals surface area contributed by atoms with E-state index in [1.807, 2.05) is 55.5 Å². The number of rotatable bonds is 7. The van der Waals surface area contributed by atoms with Crippen molar-refractivity contribution in [3.8, 4) is 11.4 Å². The van der Waals surface area contributed by atoms with Crippen molar-refractivity contribution in [1.82, 2.24) is 15.0 Å². The van der Waals surface area contributed by atoms with Gasteiger partial charge in [0.25, 0.3) is 11.5 Å². The second-order valence-electron chi connectivity index (χ2n) is 8.66. The van der Waals surface area contributed by atoms with E-state index in [1.165, 1.54) is 16.6 Å². The standard InChI is InChI=1S/C27H25BrN4O3S2/c1-16(17-6-5-7-20(14-17)35-2)30-31-23(33)15-36-27-29-25-24(21-8-3-4-9-22(21)37-25)26(34)32(27)19-12-10-18(28)11-13-19/h5-7,10-14H,3-4,8-9,15H2,1-2H3,(H,31,33). The third-order valence-corrected chi connectivity index (χ3v) is 8.86. The molecule has 4 aromatic rings. The lowest BCUT2D eigenvalue weighted by molar-refractivity contribution is -0.118. The maximum atomic E-state index is 13.8.